The zero-order valence-corrected chi connectivity index (χ0v) is 30.7. The van der Waals surface area contributed by atoms with Crippen LogP contribution >= 0.6 is 0 Å². The van der Waals surface area contributed by atoms with E-state index in [0.717, 1.165) is 22.6 Å². The minimum atomic E-state index is 1.07. The summed E-state index contributed by atoms with van der Waals surface area (Å²) in [5, 5.41) is 4.87. The van der Waals surface area contributed by atoms with Crippen molar-refractivity contribution in [3.63, 3.8) is 0 Å². The van der Waals surface area contributed by atoms with Crippen molar-refractivity contribution in [1.29, 1.82) is 0 Å². The molecule has 2 heteroatoms. The summed E-state index contributed by atoms with van der Waals surface area (Å²) in [7, 11) is 0. The van der Waals surface area contributed by atoms with Gasteiger partial charge in [0.25, 0.3) is 0 Å². The van der Waals surface area contributed by atoms with E-state index in [1.165, 1.54) is 77.3 Å². The van der Waals surface area contributed by atoms with Crippen LogP contribution in [0.4, 0.5) is 0 Å². The Bertz CT molecular complexity index is 2980. The van der Waals surface area contributed by atoms with Crippen LogP contribution in [0.15, 0.2) is 201 Å². The van der Waals surface area contributed by atoms with Gasteiger partial charge in [0.05, 0.1) is 16.7 Å². The van der Waals surface area contributed by atoms with Crippen molar-refractivity contribution in [2.24, 2.45) is 0 Å². The number of aromatic nitrogens is 2. The second kappa shape index (κ2) is 13.4. The van der Waals surface area contributed by atoms with Gasteiger partial charge < -0.3 is 9.13 Å². The number of rotatable bonds is 7. The van der Waals surface area contributed by atoms with Gasteiger partial charge in [-0.25, -0.2) is 0 Å². The lowest BCUT2D eigenvalue weighted by Gasteiger charge is -2.15. The summed E-state index contributed by atoms with van der Waals surface area (Å²) >= 11 is 0. The van der Waals surface area contributed by atoms with Crippen LogP contribution < -0.4 is 0 Å². The maximum Gasteiger partial charge on any atom is 0.0542 e. The van der Waals surface area contributed by atoms with Gasteiger partial charge in [-0.2, -0.15) is 0 Å². The van der Waals surface area contributed by atoms with Crippen LogP contribution in [0.2, 0.25) is 0 Å². The average Bonchev–Trinajstić information content (AvgIpc) is 3.74. The van der Waals surface area contributed by atoms with Crippen molar-refractivity contribution in [2.45, 2.75) is 6.92 Å². The van der Waals surface area contributed by atoms with Crippen LogP contribution in [0.5, 0.6) is 0 Å². The first-order valence-corrected chi connectivity index (χ1v) is 18.9. The fraction of sp³-hybridized carbons (Fsp3) is 0.0189. The third-order valence-corrected chi connectivity index (χ3v) is 11.0. The van der Waals surface area contributed by atoms with Gasteiger partial charge in [-0.05, 0) is 99.6 Å². The van der Waals surface area contributed by atoms with Gasteiger partial charge in [0.1, 0.15) is 0 Å². The Balaban J connectivity index is 1.26. The lowest BCUT2D eigenvalue weighted by atomic mass is 9.97. The van der Waals surface area contributed by atoms with Crippen molar-refractivity contribution in [2.75, 3.05) is 0 Å². The minimum Gasteiger partial charge on any atom is -0.313 e. The van der Waals surface area contributed by atoms with Crippen molar-refractivity contribution in [3.8, 4) is 55.9 Å². The number of nitrogens with zero attached hydrogens (tertiary/aromatic N) is 2. The Labute approximate surface area is 321 Å². The first-order chi connectivity index (χ1) is 27.2. The molecular weight excluding hydrogens is 665 g/mol. The van der Waals surface area contributed by atoms with Gasteiger partial charge in [0, 0.05) is 39.0 Å². The molecule has 0 N–H and O–H groups in total. The van der Waals surface area contributed by atoms with Crippen LogP contribution in [-0.4, -0.2) is 9.13 Å². The number of para-hydroxylation sites is 2. The summed E-state index contributed by atoms with van der Waals surface area (Å²) in [6.07, 6.45) is 2.04. The smallest absolute Gasteiger partial charge is 0.0542 e. The zero-order chi connectivity index (χ0) is 36.9. The van der Waals surface area contributed by atoms with Crippen LogP contribution in [0.25, 0.3) is 94.5 Å². The quantitative estimate of drug-likeness (QED) is 0.156. The molecule has 2 heterocycles. The molecule has 2 nitrogen and oxygen atoms in total. The van der Waals surface area contributed by atoms with Crippen molar-refractivity contribution < 1.29 is 0 Å². The third-order valence-electron chi connectivity index (χ3n) is 11.0. The molecule has 8 aromatic carbocycles. The van der Waals surface area contributed by atoms with Crippen molar-refractivity contribution >= 4 is 38.7 Å². The largest absolute Gasteiger partial charge is 0.313 e. The first kappa shape index (κ1) is 32.5. The summed E-state index contributed by atoms with van der Waals surface area (Å²) in [6.45, 7) is 6.76. The Morgan fingerprint density at radius 1 is 0.400 bits per heavy atom. The summed E-state index contributed by atoms with van der Waals surface area (Å²) in [4.78, 5) is 0. The van der Waals surface area contributed by atoms with Crippen LogP contribution in [0, 0.1) is 6.92 Å². The lowest BCUT2D eigenvalue weighted by molar-refractivity contribution is 1.06. The highest BCUT2D eigenvalue weighted by atomic mass is 15.0. The van der Waals surface area contributed by atoms with Crippen molar-refractivity contribution in [3.05, 3.63) is 212 Å². The molecule has 10 rings (SSSR count). The van der Waals surface area contributed by atoms with Crippen molar-refractivity contribution in [1.82, 2.24) is 9.13 Å². The van der Waals surface area contributed by atoms with Gasteiger partial charge in [-0.3, -0.25) is 0 Å². The Morgan fingerprint density at radius 3 is 1.47 bits per heavy atom. The molecule has 0 aliphatic carbocycles. The van der Waals surface area contributed by atoms with Gasteiger partial charge in [-0.1, -0.05) is 158 Å². The van der Waals surface area contributed by atoms with E-state index in [4.69, 9.17) is 0 Å². The second-order valence-corrected chi connectivity index (χ2v) is 14.2. The predicted octanol–water partition coefficient (Wildman–Crippen LogP) is 14.3. The molecule has 10 aromatic rings. The summed E-state index contributed by atoms with van der Waals surface area (Å²) in [5.41, 5.74) is 16.4. The predicted molar refractivity (Wildman–Crippen MR) is 234 cm³/mol. The summed E-state index contributed by atoms with van der Waals surface area (Å²) in [5.74, 6) is 0. The SMILES string of the molecule is C=Cc1c(-c2c(C)n(-c3cc(-c4ccccc4)c4ccccc4c3)c3ccccc23)c2ccccc2n1-c1cc(-c2ccccc2)cc(-c2ccccc2)c1. The monoisotopic (exact) mass is 702 g/mol. The summed E-state index contributed by atoms with van der Waals surface area (Å²) < 4.78 is 4.86. The molecule has 0 saturated carbocycles. The maximum absolute atomic E-state index is 4.49. The fourth-order valence-electron chi connectivity index (χ4n) is 8.62. The number of benzene rings is 8. The van der Waals surface area contributed by atoms with E-state index in [9.17, 15) is 0 Å². The third kappa shape index (κ3) is 5.42. The van der Waals surface area contributed by atoms with Crippen LogP contribution in [-0.2, 0) is 0 Å². The highest BCUT2D eigenvalue weighted by molar-refractivity contribution is 6.11. The highest BCUT2D eigenvalue weighted by Gasteiger charge is 2.25. The Morgan fingerprint density at radius 2 is 0.873 bits per heavy atom. The normalized spacial score (nSPS) is 11.4. The molecule has 0 amide bonds. The van der Waals surface area contributed by atoms with Crippen LogP contribution in [0.1, 0.15) is 11.4 Å². The molecule has 0 unspecified atom stereocenters. The fourth-order valence-corrected chi connectivity index (χ4v) is 8.62. The van der Waals surface area contributed by atoms with Gasteiger partial charge in [0.15, 0.2) is 0 Å². The molecular formula is C53H38N2. The van der Waals surface area contributed by atoms with Gasteiger partial charge in [0.2, 0.25) is 0 Å². The molecule has 0 aliphatic heterocycles. The second-order valence-electron chi connectivity index (χ2n) is 14.2. The molecule has 260 valence electrons. The molecule has 0 spiro atoms. The van der Waals surface area contributed by atoms with E-state index in [1.807, 2.05) is 6.08 Å². The molecule has 0 atom stereocenters. The average molecular weight is 703 g/mol. The lowest BCUT2D eigenvalue weighted by Crippen LogP contribution is -2.00. The molecule has 2 aromatic heterocycles. The van der Waals surface area contributed by atoms with E-state index < -0.39 is 0 Å². The molecule has 0 aliphatic rings. The van der Waals surface area contributed by atoms with Gasteiger partial charge >= 0.3 is 0 Å². The number of hydrogen-bond donors (Lipinski definition) is 0. The molecule has 0 saturated heterocycles. The molecule has 0 fully saturated rings. The van der Waals surface area contributed by atoms with E-state index in [1.54, 1.807) is 0 Å². The maximum atomic E-state index is 4.49. The summed E-state index contributed by atoms with van der Waals surface area (Å²) in [6, 6.07) is 70.1. The van der Waals surface area contributed by atoms with E-state index in [2.05, 4.69) is 217 Å². The Kier molecular flexibility index (Phi) is 7.89. The molecule has 55 heavy (non-hydrogen) atoms. The van der Waals surface area contributed by atoms with Gasteiger partial charge in [-0.15, -0.1) is 0 Å². The van der Waals surface area contributed by atoms with E-state index in [-0.39, 0.29) is 0 Å². The highest BCUT2D eigenvalue weighted by Crippen LogP contribution is 2.46. The zero-order valence-electron chi connectivity index (χ0n) is 30.7. The minimum absolute atomic E-state index is 1.07. The van der Waals surface area contributed by atoms with Crippen LogP contribution in [0.3, 0.4) is 0 Å². The Hall–Kier alpha value is -7.16. The number of fused-ring (bicyclic) bond motifs is 3. The molecule has 0 radical (unpaired) electrons. The first-order valence-electron chi connectivity index (χ1n) is 18.9. The molecule has 0 bridgehead atoms. The topological polar surface area (TPSA) is 9.86 Å². The number of hydrogen-bond acceptors (Lipinski definition) is 0. The van der Waals surface area contributed by atoms with E-state index >= 15 is 0 Å². The standard InChI is InChI=1S/C53H38N2/c1-3-49-53(47-28-16-18-30-51(47)55(49)43-33-41(37-19-7-4-8-20-37)31-42(34-43)38-21-9-5-10-22-38)52-36(2)54(50-29-17-15-27-46(50)52)44-32-40-25-13-14-26-45(40)48(35-44)39-23-11-6-12-24-39/h3-35H,1H2,2H3. The van der Waals surface area contributed by atoms with E-state index in [0.29, 0.717) is 0 Å².